The lowest BCUT2D eigenvalue weighted by atomic mass is 9.93. The van der Waals surface area contributed by atoms with Crippen LogP contribution in [0.3, 0.4) is 0 Å². The Labute approximate surface area is 165 Å². The zero-order chi connectivity index (χ0) is 22.1. The van der Waals surface area contributed by atoms with Gasteiger partial charge in [0.1, 0.15) is 0 Å². The van der Waals surface area contributed by atoms with E-state index >= 15 is 0 Å². The number of primary sulfonamides is 1. The van der Waals surface area contributed by atoms with Crippen molar-refractivity contribution >= 4 is 38.7 Å². The van der Waals surface area contributed by atoms with Crippen molar-refractivity contribution in [2.24, 2.45) is 17.0 Å². The Hall–Kier alpha value is -3.06. The molecule has 0 aliphatic rings. The molecule has 1 heterocycles. The topological polar surface area (TPSA) is 196 Å². The number of hydrogen-bond donors (Lipinski definition) is 3. The molecular weight excluding hydrogens is 408 g/mol. The normalized spacial score (nSPS) is 15.0. The maximum Gasteiger partial charge on any atom is 0.308 e. The molecule has 12 nitrogen and oxygen atoms in total. The van der Waals surface area contributed by atoms with Crippen molar-refractivity contribution in [3.8, 4) is 0 Å². The lowest BCUT2D eigenvalue weighted by molar-refractivity contribution is -0.383. The summed E-state index contributed by atoms with van der Waals surface area (Å²) in [6.07, 6.45) is 0.00782. The number of sulfonamides is 1. The van der Waals surface area contributed by atoms with Gasteiger partial charge in [0, 0.05) is 12.1 Å². The average Bonchev–Trinajstić information content (AvgIpc) is 3.01. The fourth-order valence-corrected chi connectivity index (χ4v) is 3.79. The predicted octanol–water partition coefficient (Wildman–Crippen LogP) is 1.35. The Morgan fingerprint density at radius 2 is 1.86 bits per heavy atom. The first-order chi connectivity index (χ1) is 13.4. The Bertz CT molecular complexity index is 1080. The lowest BCUT2D eigenvalue weighted by Gasteiger charge is -2.25. The molecule has 158 valence electrons. The van der Waals surface area contributed by atoms with E-state index in [9.17, 15) is 33.2 Å². The van der Waals surface area contributed by atoms with Crippen LogP contribution in [0.2, 0.25) is 0 Å². The van der Waals surface area contributed by atoms with Gasteiger partial charge in [-0.1, -0.05) is 13.0 Å². The smallest absolute Gasteiger partial charge is 0.308 e. The highest BCUT2D eigenvalue weighted by molar-refractivity contribution is 7.89. The van der Waals surface area contributed by atoms with Gasteiger partial charge in [-0.05, 0) is 25.8 Å². The molecule has 0 aliphatic heterocycles. The molecule has 0 fully saturated rings. The van der Waals surface area contributed by atoms with Gasteiger partial charge in [-0.15, -0.1) is 0 Å². The van der Waals surface area contributed by atoms with Crippen LogP contribution in [-0.4, -0.2) is 45.0 Å². The number of non-ortho nitro benzene ring substituents is 1. The van der Waals surface area contributed by atoms with E-state index in [1.807, 2.05) is 0 Å². The van der Waals surface area contributed by atoms with E-state index in [0.29, 0.717) is 0 Å². The minimum Gasteiger partial charge on any atom is -0.481 e. The summed E-state index contributed by atoms with van der Waals surface area (Å²) in [6, 6.07) is 2.75. The van der Waals surface area contributed by atoms with Crippen LogP contribution in [0.25, 0.3) is 11.0 Å². The molecule has 29 heavy (non-hydrogen) atoms. The minimum atomic E-state index is -4.48. The highest BCUT2D eigenvalue weighted by Crippen LogP contribution is 2.35. The summed E-state index contributed by atoms with van der Waals surface area (Å²) < 4.78 is 25.3. The standard InChI is InChI=1S/C16H20N4O8S/c1-8(14(21)22)6-7-10(9(2)15(23)24)19-11-4-3-5-12(20(25)26)13(11)18-16(19)29(17,27)28/h3-5,8-10H,6-7H2,1-2H3,(H,21,22)(H,23,24)(H2,17,27,28). The second kappa shape index (κ2) is 8.13. The van der Waals surface area contributed by atoms with Crippen LogP contribution >= 0.6 is 0 Å². The van der Waals surface area contributed by atoms with Gasteiger partial charge in [0.15, 0.2) is 5.52 Å². The molecule has 4 N–H and O–H groups in total. The number of rotatable bonds is 9. The van der Waals surface area contributed by atoms with Crippen LogP contribution in [0.4, 0.5) is 5.69 Å². The van der Waals surface area contributed by atoms with Crippen LogP contribution in [0.15, 0.2) is 23.4 Å². The highest BCUT2D eigenvalue weighted by atomic mass is 32.2. The number of nitrogens with two attached hydrogens (primary N) is 1. The fraction of sp³-hybridized carbons (Fsp3) is 0.438. The molecule has 0 radical (unpaired) electrons. The number of hydrogen-bond acceptors (Lipinski definition) is 7. The van der Waals surface area contributed by atoms with E-state index in [0.717, 1.165) is 10.6 Å². The van der Waals surface area contributed by atoms with E-state index in [2.05, 4.69) is 4.98 Å². The zero-order valence-electron chi connectivity index (χ0n) is 15.5. The van der Waals surface area contributed by atoms with Gasteiger partial charge < -0.3 is 14.8 Å². The van der Waals surface area contributed by atoms with Crippen molar-refractivity contribution in [2.75, 3.05) is 0 Å². The first kappa shape index (κ1) is 22.2. The van der Waals surface area contributed by atoms with Crippen LogP contribution < -0.4 is 5.14 Å². The summed E-state index contributed by atoms with van der Waals surface area (Å²) in [6.45, 7) is 2.76. The van der Waals surface area contributed by atoms with E-state index in [4.69, 9.17) is 10.2 Å². The number of benzene rings is 1. The van der Waals surface area contributed by atoms with Gasteiger partial charge in [0.2, 0.25) is 5.16 Å². The fourth-order valence-electron chi connectivity index (χ4n) is 3.06. The number of para-hydroxylation sites is 1. The first-order valence-electron chi connectivity index (χ1n) is 8.50. The summed E-state index contributed by atoms with van der Waals surface area (Å²) in [5.41, 5.74) is -0.702. The van der Waals surface area contributed by atoms with Gasteiger partial charge in [-0.2, -0.15) is 0 Å². The number of imidazole rings is 1. The maximum atomic E-state index is 12.1. The largest absolute Gasteiger partial charge is 0.481 e. The molecule has 2 aromatic rings. The molecule has 0 bridgehead atoms. The number of carboxylic acids is 2. The summed E-state index contributed by atoms with van der Waals surface area (Å²) in [5.74, 6) is -4.33. The Morgan fingerprint density at radius 1 is 1.24 bits per heavy atom. The van der Waals surface area contributed by atoms with Crippen LogP contribution in [0.5, 0.6) is 0 Å². The van der Waals surface area contributed by atoms with Crippen LogP contribution in [0.1, 0.15) is 32.7 Å². The van der Waals surface area contributed by atoms with Crippen molar-refractivity contribution in [2.45, 2.75) is 37.9 Å². The van der Waals surface area contributed by atoms with Crippen molar-refractivity contribution in [3.63, 3.8) is 0 Å². The van der Waals surface area contributed by atoms with Gasteiger partial charge >= 0.3 is 11.9 Å². The number of fused-ring (bicyclic) bond motifs is 1. The third-order valence-electron chi connectivity index (χ3n) is 4.73. The van der Waals surface area contributed by atoms with Gasteiger partial charge in [-0.25, -0.2) is 18.5 Å². The van der Waals surface area contributed by atoms with Crippen LogP contribution in [0, 0.1) is 22.0 Å². The second-order valence-electron chi connectivity index (χ2n) is 6.72. The quantitative estimate of drug-likeness (QED) is 0.390. The molecule has 2 rings (SSSR count). The average molecular weight is 428 g/mol. The number of nitrogens with zero attached hydrogens (tertiary/aromatic N) is 3. The minimum absolute atomic E-state index is 0.0179. The number of nitro benzene ring substituents is 1. The van der Waals surface area contributed by atoms with Gasteiger partial charge in [-0.3, -0.25) is 19.7 Å². The third-order valence-corrected chi connectivity index (χ3v) is 5.53. The summed E-state index contributed by atoms with van der Waals surface area (Å²) >= 11 is 0. The van der Waals surface area contributed by atoms with Crippen molar-refractivity contribution in [1.82, 2.24) is 9.55 Å². The van der Waals surface area contributed by atoms with Gasteiger partial charge in [0.05, 0.1) is 22.3 Å². The molecule has 0 aliphatic carbocycles. The summed E-state index contributed by atoms with van der Waals surface area (Å²) in [7, 11) is -4.48. The lowest BCUT2D eigenvalue weighted by Crippen LogP contribution is -2.29. The van der Waals surface area contributed by atoms with E-state index in [1.54, 1.807) is 0 Å². The highest BCUT2D eigenvalue weighted by Gasteiger charge is 2.34. The summed E-state index contributed by atoms with van der Waals surface area (Å²) in [4.78, 5) is 37.2. The zero-order valence-corrected chi connectivity index (χ0v) is 16.4. The monoisotopic (exact) mass is 428 g/mol. The molecule has 1 aromatic carbocycles. The number of nitro groups is 1. The number of carbonyl (C=O) groups is 2. The number of aromatic nitrogens is 2. The van der Waals surface area contributed by atoms with Crippen LogP contribution in [-0.2, 0) is 19.6 Å². The molecule has 0 spiro atoms. The van der Waals surface area contributed by atoms with Crippen molar-refractivity contribution < 1.29 is 33.1 Å². The van der Waals surface area contributed by atoms with Crippen molar-refractivity contribution in [1.29, 1.82) is 0 Å². The first-order valence-corrected chi connectivity index (χ1v) is 10.0. The molecular formula is C16H20N4O8S. The number of aliphatic carboxylic acids is 2. The van der Waals surface area contributed by atoms with E-state index < -0.39 is 55.6 Å². The summed E-state index contributed by atoms with van der Waals surface area (Å²) in [5, 5.41) is 34.4. The SMILES string of the molecule is CC(CCC(C(C)C(=O)O)n1c(S(N)(=O)=O)nc2c([N+](=O)[O-])cccc21)C(=O)O. The molecule has 3 unspecified atom stereocenters. The Kier molecular flexibility index (Phi) is 6.23. The molecule has 3 atom stereocenters. The Morgan fingerprint density at radius 3 is 2.34 bits per heavy atom. The Balaban J connectivity index is 2.78. The van der Waals surface area contributed by atoms with E-state index in [1.165, 1.54) is 26.0 Å². The molecule has 13 heteroatoms. The predicted molar refractivity (Wildman–Crippen MR) is 99.6 cm³/mol. The second-order valence-corrected chi connectivity index (χ2v) is 8.18. The molecule has 0 saturated heterocycles. The molecule has 1 aromatic heterocycles. The number of carboxylic acid groups (broad SMARTS) is 2. The van der Waals surface area contributed by atoms with E-state index in [-0.39, 0.29) is 23.9 Å². The van der Waals surface area contributed by atoms with Crippen molar-refractivity contribution in [3.05, 3.63) is 28.3 Å². The van der Waals surface area contributed by atoms with Gasteiger partial charge in [0.25, 0.3) is 15.7 Å². The third kappa shape index (κ3) is 4.51. The maximum absolute atomic E-state index is 12.1. The molecule has 0 saturated carbocycles. The molecule has 0 amide bonds.